The first kappa shape index (κ1) is 17.2. The van der Waals surface area contributed by atoms with Gasteiger partial charge in [0.05, 0.1) is 25.5 Å². The van der Waals surface area contributed by atoms with Crippen molar-refractivity contribution < 1.29 is 18.7 Å². The van der Waals surface area contributed by atoms with Crippen molar-refractivity contribution in [2.45, 2.75) is 13.3 Å². The molecule has 2 aliphatic rings. The first-order valence-corrected chi connectivity index (χ1v) is 8.68. The van der Waals surface area contributed by atoms with Crippen LogP contribution in [0.25, 0.3) is 0 Å². The second kappa shape index (κ2) is 7.94. The Balaban J connectivity index is 1.70. The van der Waals surface area contributed by atoms with Gasteiger partial charge in [0.25, 0.3) is 5.91 Å². The number of hydrogen-bond acceptors (Lipinski definition) is 4. The highest BCUT2D eigenvalue weighted by atomic mass is 19.1. The van der Waals surface area contributed by atoms with Crippen LogP contribution in [0.2, 0.25) is 0 Å². The number of ether oxygens (including phenoxy) is 2. The van der Waals surface area contributed by atoms with Crippen molar-refractivity contribution in [3.8, 4) is 0 Å². The highest BCUT2D eigenvalue weighted by Gasteiger charge is 2.23. The molecule has 2 aliphatic heterocycles. The van der Waals surface area contributed by atoms with E-state index in [1.165, 1.54) is 6.07 Å². The number of morpholine rings is 1. The Hall–Kier alpha value is -1.66. The van der Waals surface area contributed by atoms with Gasteiger partial charge < -0.3 is 19.3 Å². The second-order valence-electron chi connectivity index (χ2n) is 6.34. The molecule has 0 N–H and O–H groups in total. The topological polar surface area (TPSA) is 42.0 Å². The Kier molecular flexibility index (Phi) is 5.68. The van der Waals surface area contributed by atoms with Gasteiger partial charge in [0, 0.05) is 44.3 Å². The Morgan fingerprint density at radius 2 is 2.08 bits per heavy atom. The SMILES string of the molecule is CCN(C[C@@H]1CCOC1)C(=O)c1ccc(N2CCOCC2)c(F)c1. The lowest BCUT2D eigenvalue weighted by Crippen LogP contribution is -2.37. The van der Waals surface area contributed by atoms with Crippen molar-refractivity contribution in [1.29, 1.82) is 0 Å². The van der Waals surface area contributed by atoms with Crippen LogP contribution in [-0.2, 0) is 9.47 Å². The number of carbonyl (C=O) groups excluding carboxylic acids is 1. The summed E-state index contributed by atoms with van der Waals surface area (Å²) >= 11 is 0. The number of anilines is 1. The predicted molar refractivity (Wildman–Crippen MR) is 89.9 cm³/mol. The highest BCUT2D eigenvalue weighted by molar-refractivity contribution is 5.94. The predicted octanol–water partition coefficient (Wildman–Crippen LogP) is 2.16. The third kappa shape index (κ3) is 3.87. The van der Waals surface area contributed by atoms with Gasteiger partial charge in [-0.25, -0.2) is 4.39 Å². The Bertz CT molecular complexity index is 569. The molecule has 2 fully saturated rings. The fourth-order valence-electron chi connectivity index (χ4n) is 3.28. The van der Waals surface area contributed by atoms with Crippen molar-refractivity contribution in [2.75, 3.05) is 57.5 Å². The van der Waals surface area contributed by atoms with E-state index in [4.69, 9.17) is 9.47 Å². The van der Waals surface area contributed by atoms with Gasteiger partial charge in [-0.3, -0.25) is 4.79 Å². The summed E-state index contributed by atoms with van der Waals surface area (Å²) in [5.74, 6) is -0.0776. The standard InChI is InChI=1S/C18H25FN2O3/c1-2-20(12-14-5-8-24-13-14)18(22)15-3-4-17(16(19)11-15)21-6-9-23-10-7-21/h3-4,11,14H,2,5-10,12-13H2,1H3/t14-/m0/s1. The Morgan fingerprint density at radius 3 is 2.71 bits per heavy atom. The summed E-state index contributed by atoms with van der Waals surface area (Å²) in [6, 6.07) is 4.80. The molecule has 0 radical (unpaired) electrons. The molecule has 3 rings (SSSR count). The summed E-state index contributed by atoms with van der Waals surface area (Å²) < 4.78 is 25.2. The lowest BCUT2D eigenvalue weighted by molar-refractivity contribution is 0.0730. The first-order valence-electron chi connectivity index (χ1n) is 8.68. The third-order valence-corrected chi connectivity index (χ3v) is 4.72. The lowest BCUT2D eigenvalue weighted by Gasteiger charge is -2.29. The van der Waals surface area contributed by atoms with E-state index in [2.05, 4.69) is 0 Å². The largest absolute Gasteiger partial charge is 0.381 e. The number of nitrogens with zero attached hydrogens (tertiary/aromatic N) is 2. The molecule has 1 aromatic rings. The maximum Gasteiger partial charge on any atom is 0.253 e. The lowest BCUT2D eigenvalue weighted by atomic mass is 10.1. The zero-order valence-corrected chi connectivity index (χ0v) is 14.2. The molecule has 0 aromatic heterocycles. The Labute approximate surface area is 142 Å². The summed E-state index contributed by atoms with van der Waals surface area (Å²) in [5, 5.41) is 0. The van der Waals surface area contributed by atoms with Crippen LogP contribution < -0.4 is 4.90 Å². The number of rotatable bonds is 5. The molecule has 0 unspecified atom stereocenters. The minimum atomic E-state index is -0.344. The van der Waals surface area contributed by atoms with Gasteiger partial charge in [-0.05, 0) is 31.5 Å². The minimum absolute atomic E-state index is 0.114. The minimum Gasteiger partial charge on any atom is -0.381 e. The van der Waals surface area contributed by atoms with Gasteiger partial charge >= 0.3 is 0 Å². The maximum absolute atomic E-state index is 14.5. The van der Waals surface area contributed by atoms with Crippen LogP contribution in [0.5, 0.6) is 0 Å². The molecular formula is C18H25FN2O3. The summed E-state index contributed by atoms with van der Waals surface area (Å²) in [4.78, 5) is 16.4. The summed E-state index contributed by atoms with van der Waals surface area (Å²) in [6.45, 7) is 7.25. The van der Waals surface area contributed by atoms with Crippen molar-refractivity contribution in [2.24, 2.45) is 5.92 Å². The van der Waals surface area contributed by atoms with Crippen molar-refractivity contribution >= 4 is 11.6 Å². The van der Waals surface area contributed by atoms with Gasteiger partial charge in [0.1, 0.15) is 5.82 Å². The van der Waals surface area contributed by atoms with E-state index in [0.29, 0.717) is 63.2 Å². The number of carbonyl (C=O) groups is 1. The van der Waals surface area contributed by atoms with Gasteiger partial charge in [0.2, 0.25) is 0 Å². The van der Waals surface area contributed by atoms with Gasteiger partial charge in [-0.1, -0.05) is 0 Å². The Morgan fingerprint density at radius 1 is 1.29 bits per heavy atom. The van der Waals surface area contributed by atoms with E-state index < -0.39 is 0 Å². The van der Waals surface area contributed by atoms with Crippen LogP contribution >= 0.6 is 0 Å². The van der Waals surface area contributed by atoms with E-state index in [9.17, 15) is 9.18 Å². The molecule has 1 aromatic carbocycles. The van der Waals surface area contributed by atoms with Crippen molar-refractivity contribution in [1.82, 2.24) is 4.90 Å². The van der Waals surface area contributed by atoms with Crippen LogP contribution in [0.3, 0.4) is 0 Å². The van der Waals surface area contributed by atoms with Gasteiger partial charge in [-0.2, -0.15) is 0 Å². The summed E-state index contributed by atoms with van der Waals surface area (Å²) in [7, 11) is 0. The van der Waals surface area contributed by atoms with E-state index in [0.717, 1.165) is 13.0 Å². The van der Waals surface area contributed by atoms with Crippen LogP contribution in [0.4, 0.5) is 10.1 Å². The fraction of sp³-hybridized carbons (Fsp3) is 0.611. The van der Waals surface area contributed by atoms with E-state index in [1.807, 2.05) is 11.8 Å². The molecule has 5 nitrogen and oxygen atoms in total. The van der Waals surface area contributed by atoms with Crippen molar-refractivity contribution in [3.63, 3.8) is 0 Å². The number of benzene rings is 1. The number of hydrogen-bond donors (Lipinski definition) is 0. The van der Waals surface area contributed by atoms with Crippen LogP contribution in [0.1, 0.15) is 23.7 Å². The van der Waals surface area contributed by atoms with Crippen LogP contribution in [0.15, 0.2) is 18.2 Å². The average Bonchev–Trinajstić information content (AvgIpc) is 3.13. The molecule has 2 heterocycles. The molecular weight excluding hydrogens is 311 g/mol. The third-order valence-electron chi connectivity index (χ3n) is 4.72. The normalized spacial score (nSPS) is 21.1. The molecule has 6 heteroatoms. The van der Waals surface area contributed by atoms with Crippen molar-refractivity contribution in [3.05, 3.63) is 29.6 Å². The first-order chi connectivity index (χ1) is 11.7. The molecule has 0 aliphatic carbocycles. The molecule has 132 valence electrons. The number of halogens is 1. The van der Waals surface area contributed by atoms with E-state index in [1.54, 1.807) is 17.0 Å². The quantitative estimate of drug-likeness (QED) is 0.826. The molecule has 24 heavy (non-hydrogen) atoms. The zero-order valence-electron chi connectivity index (χ0n) is 14.2. The average molecular weight is 336 g/mol. The van der Waals surface area contributed by atoms with E-state index in [-0.39, 0.29) is 11.7 Å². The molecule has 0 bridgehead atoms. The molecule has 1 amide bonds. The summed E-state index contributed by atoms with van der Waals surface area (Å²) in [5.41, 5.74) is 0.951. The smallest absolute Gasteiger partial charge is 0.253 e. The van der Waals surface area contributed by atoms with Crippen LogP contribution in [0, 0.1) is 11.7 Å². The van der Waals surface area contributed by atoms with E-state index >= 15 is 0 Å². The molecule has 0 saturated carbocycles. The zero-order chi connectivity index (χ0) is 16.9. The highest BCUT2D eigenvalue weighted by Crippen LogP contribution is 2.23. The van der Waals surface area contributed by atoms with Gasteiger partial charge in [0.15, 0.2) is 0 Å². The summed E-state index contributed by atoms with van der Waals surface area (Å²) in [6.07, 6.45) is 0.980. The maximum atomic E-state index is 14.5. The monoisotopic (exact) mass is 336 g/mol. The van der Waals surface area contributed by atoms with Gasteiger partial charge in [-0.15, -0.1) is 0 Å². The molecule has 1 atom stereocenters. The number of amides is 1. The second-order valence-corrected chi connectivity index (χ2v) is 6.34. The molecule has 2 saturated heterocycles. The fourth-order valence-corrected chi connectivity index (χ4v) is 3.28. The molecule has 0 spiro atoms. The van der Waals surface area contributed by atoms with Crippen LogP contribution in [-0.4, -0.2) is 63.4 Å².